The van der Waals surface area contributed by atoms with E-state index in [1.54, 1.807) is 11.7 Å². The van der Waals surface area contributed by atoms with Crippen LogP contribution in [0.15, 0.2) is 76.8 Å². The molecular weight excluding hydrogens is 358 g/mol. The van der Waals surface area contributed by atoms with Crippen LogP contribution in [-0.4, -0.2) is 30.5 Å². The molecule has 5 nitrogen and oxygen atoms in total. The van der Waals surface area contributed by atoms with Gasteiger partial charge in [-0.3, -0.25) is 4.99 Å². The van der Waals surface area contributed by atoms with Crippen molar-refractivity contribution < 1.29 is 9.53 Å². The highest BCUT2D eigenvalue weighted by Gasteiger charge is 2.17. The van der Waals surface area contributed by atoms with Crippen LogP contribution in [0.3, 0.4) is 0 Å². The van der Waals surface area contributed by atoms with Crippen LogP contribution in [-0.2, 0) is 9.53 Å². The van der Waals surface area contributed by atoms with E-state index < -0.39 is 5.97 Å². The molecule has 0 amide bonds. The van der Waals surface area contributed by atoms with E-state index in [9.17, 15) is 4.79 Å². The van der Waals surface area contributed by atoms with Crippen molar-refractivity contribution in [2.75, 3.05) is 14.2 Å². The van der Waals surface area contributed by atoms with Crippen molar-refractivity contribution >= 4 is 44.0 Å². The van der Waals surface area contributed by atoms with E-state index in [0.717, 1.165) is 21.0 Å². The van der Waals surface area contributed by atoms with Gasteiger partial charge in [0.1, 0.15) is 0 Å². The summed E-state index contributed by atoms with van der Waals surface area (Å²) in [7, 11) is 3.08. The van der Waals surface area contributed by atoms with Crippen molar-refractivity contribution in [1.29, 1.82) is 0 Å². The number of aromatic nitrogens is 1. The van der Waals surface area contributed by atoms with Gasteiger partial charge in [0.05, 0.1) is 17.3 Å². The third-order valence-electron chi connectivity index (χ3n) is 4.28. The van der Waals surface area contributed by atoms with Gasteiger partial charge in [-0.2, -0.15) is 5.10 Å². The minimum absolute atomic E-state index is 0.237. The monoisotopic (exact) mass is 375 g/mol. The lowest BCUT2D eigenvalue weighted by atomic mass is 10.1. The number of benzene rings is 3. The van der Waals surface area contributed by atoms with Crippen LogP contribution >= 0.6 is 11.3 Å². The molecule has 4 aromatic rings. The number of hydrogen-bond donors (Lipinski definition) is 0. The standard InChI is InChI=1S/C21H17N3O2S/c1-22-21-24(23-18(20(25)26-2)15-9-4-3-5-10-15)19-16-11-7-6-8-14(16)12-13-17(19)27-21/h3-13H,1-2H3/b22-21?,23-18-. The summed E-state index contributed by atoms with van der Waals surface area (Å²) in [4.78, 5) is 17.5. The topological polar surface area (TPSA) is 56.0 Å². The number of esters is 1. The summed E-state index contributed by atoms with van der Waals surface area (Å²) in [5.74, 6) is -0.490. The highest BCUT2D eigenvalue weighted by atomic mass is 32.1. The lowest BCUT2D eigenvalue weighted by molar-refractivity contribution is -0.132. The van der Waals surface area contributed by atoms with Crippen LogP contribution in [0.1, 0.15) is 5.56 Å². The van der Waals surface area contributed by atoms with E-state index in [-0.39, 0.29) is 5.71 Å². The predicted molar refractivity (Wildman–Crippen MR) is 109 cm³/mol. The van der Waals surface area contributed by atoms with Gasteiger partial charge in [0.25, 0.3) is 0 Å². The van der Waals surface area contributed by atoms with Crippen LogP contribution in [0, 0.1) is 0 Å². The molecule has 0 fully saturated rings. The first-order valence-electron chi connectivity index (χ1n) is 8.42. The zero-order chi connectivity index (χ0) is 18.8. The Morgan fingerprint density at radius 1 is 1.00 bits per heavy atom. The van der Waals surface area contributed by atoms with Crippen LogP contribution in [0.2, 0.25) is 0 Å². The third-order valence-corrected chi connectivity index (χ3v) is 5.36. The molecule has 0 atom stereocenters. The molecule has 6 heteroatoms. The fraction of sp³-hybridized carbons (Fsp3) is 0.0952. The maximum Gasteiger partial charge on any atom is 0.359 e. The summed E-state index contributed by atoms with van der Waals surface area (Å²) in [6.07, 6.45) is 0. The molecule has 0 saturated carbocycles. The molecule has 0 aliphatic carbocycles. The molecule has 1 aromatic heterocycles. The summed E-state index contributed by atoms with van der Waals surface area (Å²) < 4.78 is 7.77. The second kappa shape index (κ2) is 7.17. The molecule has 0 saturated heterocycles. The van der Waals surface area contributed by atoms with E-state index in [1.165, 1.54) is 18.4 Å². The number of ether oxygens (including phenoxy) is 1. The van der Waals surface area contributed by atoms with Crippen LogP contribution in [0.5, 0.6) is 0 Å². The molecular formula is C21H17N3O2S. The Kier molecular flexibility index (Phi) is 4.56. The van der Waals surface area contributed by atoms with Crippen molar-refractivity contribution in [2.45, 2.75) is 0 Å². The van der Waals surface area contributed by atoms with Gasteiger partial charge in [-0.15, -0.1) is 0 Å². The average molecular weight is 375 g/mol. The van der Waals surface area contributed by atoms with Gasteiger partial charge < -0.3 is 4.74 Å². The van der Waals surface area contributed by atoms with Crippen molar-refractivity contribution in [1.82, 2.24) is 4.68 Å². The van der Waals surface area contributed by atoms with Crippen LogP contribution in [0.4, 0.5) is 0 Å². The number of methoxy groups -OCH3 is 1. The van der Waals surface area contributed by atoms with E-state index in [2.05, 4.69) is 34.4 Å². The molecule has 134 valence electrons. The second-order valence-corrected chi connectivity index (χ2v) is 6.87. The Labute approximate surface area is 159 Å². The number of thiazole rings is 1. The molecule has 0 N–H and O–H groups in total. The van der Waals surface area contributed by atoms with Crippen molar-refractivity contribution in [3.63, 3.8) is 0 Å². The van der Waals surface area contributed by atoms with Crippen molar-refractivity contribution in [2.24, 2.45) is 10.1 Å². The van der Waals surface area contributed by atoms with Gasteiger partial charge in [-0.05, 0) is 11.5 Å². The van der Waals surface area contributed by atoms with E-state index in [0.29, 0.717) is 10.4 Å². The maximum atomic E-state index is 12.4. The summed E-state index contributed by atoms with van der Waals surface area (Å²) >= 11 is 1.53. The van der Waals surface area contributed by atoms with Gasteiger partial charge in [-0.25, -0.2) is 9.47 Å². The fourth-order valence-corrected chi connectivity index (χ4v) is 3.95. The lowest BCUT2D eigenvalue weighted by Gasteiger charge is -2.07. The summed E-state index contributed by atoms with van der Waals surface area (Å²) in [6.45, 7) is 0. The van der Waals surface area contributed by atoms with Gasteiger partial charge in [0, 0.05) is 18.0 Å². The van der Waals surface area contributed by atoms with Gasteiger partial charge >= 0.3 is 5.97 Å². The Morgan fingerprint density at radius 3 is 2.48 bits per heavy atom. The first-order valence-corrected chi connectivity index (χ1v) is 9.23. The molecule has 3 aromatic carbocycles. The van der Waals surface area contributed by atoms with Gasteiger partial charge in [0.2, 0.25) is 4.80 Å². The minimum Gasteiger partial charge on any atom is -0.464 e. The van der Waals surface area contributed by atoms with E-state index in [4.69, 9.17) is 4.74 Å². The molecule has 27 heavy (non-hydrogen) atoms. The molecule has 0 spiro atoms. The SMILES string of the molecule is CN=c1sc2ccc3ccccc3c2n1/N=C(\C(=O)OC)c1ccccc1. The fourth-order valence-electron chi connectivity index (χ4n) is 3.02. The Bertz CT molecular complexity index is 1240. The number of fused-ring (bicyclic) bond motifs is 3. The van der Waals surface area contributed by atoms with Gasteiger partial charge in [-0.1, -0.05) is 72.0 Å². The van der Waals surface area contributed by atoms with Crippen molar-refractivity contribution in [3.05, 3.63) is 77.1 Å². The minimum atomic E-state index is -0.490. The van der Waals surface area contributed by atoms with E-state index in [1.807, 2.05) is 42.5 Å². The maximum absolute atomic E-state index is 12.4. The second-order valence-electron chi connectivity index (χ2n) is 5.86. The first-order chi connectivity index (χ1) is 13.2. The molecule has 0 radical (unpaired) electrons. The number of carbonyl (C=O) groups is 1. The normalized spacial score (nSPS) is 12.7. The quantitative estimate of drug-likeness (QED) is 0.404. The number of rotatable bonds is 3. The zero-order valence-electron chi connectivity index (χ0n) is 14.9. The Morgan fingerprint density at radius 2 is 1.74 bits per heavy atom. The molecule has 0 aliphatic rings. The zero-order valence-corrected chi connectivity index (χ0v) is 15.7. The third kappa shape index (κ3) is 3.04. The average Bonchev–Trinajstić information content (AvgIpc) is 3.10. The molecule has 4 rings (SSSR count). The lowest BCUT2D eigenvalue weighted by Crippen LogP contribution is -2.21. The largest absolute Gasteiger partial charge is 0.464 e. The predicted octanol–water partition coefficient (Wildman–Crippen LogP) is 3.81. The molecule has 0 aliphatic heterocycles. The number of carbonyl (C=O) groups excluding carboxylic acids is 1. The highest BCUT2D eigenvalue weighted by molar-refractivity contribution is 7.16. The molecule has 0 bridgehead atoms. The summed E-state index contributed by atoms with van der Waals surface area (Å²) in [6, 6.07) is 21.6. The first kappa shape index (κ1) is 17.2. The van der Waals surface area contributed by atoms with Gasteiger partial charge in [0.15, 0.2) is 5.71 Å². The Hall–Kier alpha value is -3.25. The highest BCUT2D eigenvalue weighted by Crippen LogP contribution is 2.27. The number of hydrogen-bond acceptors (Lipinski definition) is 5. The molecule has 0 unspecified atom stereocenters. The summed E-state index contributed by atoms with van der Waals surface area (Å²) in [5, 5.41) is 6.85. The molecule has 1 heterocycles. The smallest absolute Gasteiger partial charge is 0.359 e. The Balaban J connectivity index is 2.09. The van der Waals surface area contributed by atoms with Crippen LogP contribution < -0.4 is 4.80 Å². The van der Waals surface area contributed by atoms with E-state index >= 15 is 0 Å². The summed E-state index contributed by atoms with van der Waals surface area (Å²) in [5.41, 5.74) is 1.86. The van der Waals surface area contributed by atoms with Crippen molar-refractivity contribution in [3.8, 4) is 0 Å². The van der Waals surface area contributed by atoms with Crippen LogP contribution in [0.25, 0.3) is 21.0 Å². The number of nitrogens with zero attached hydrogens (tertiary/aromatic N) is 3.